The molecule has 0 saturated heterocycles. The third-order valence-corrected chi connectivity index (χ3v) is 4.45. The standard InChI is InChI=1S/C17H27NO/c1-13(2)16-5-3-4-6-17(16)18-11-14-7-9-15(12-19)10-8-14/h7-10,13,16-19H,3-6,11-12H2,1-2H3. The number of nitrogens with one attached hydrogen (secondary N) is 1. The van der Waals surface area contributed by atoms with E-state index in [1.54, 1.807) is 0 Å². The van der Waals surface area contributed by atoms with Gasteiger partial charge in [0.15, 0.2) is 0 Å². The molecule has 1 fully saturated rings. The molecule has 1 aromatic rings. The molecule has 2 unspecified atom stereocenters. The summed E-state index contributed by atoms with van der Waals surface area (Å²) in [5, 5.41) is 12.8. The minimum Gasteiger partial charge on any atom is -0.392 e. The van der Waals surface area contributed by atoms with Crippen LogP contribution in [0.15, 0.2) is 24.3 Å². The lowest BCUT2D eigenvalue weighted by atomic mass is 9.78. The molecule has 19 heavy (non-hydrogen) atoms. The molecule has 0 aliphatic heterocycles. The van der Waals surface area contributed by atoms with Gasteiger partial charge in [0, 0.05) is 12.6 Å². The van der Waals surface area contributed by atoms with E-state index in [9.17, 15) is 0 Å². The van der Waals surface area contributed by atoms with E-state index in [-0.39, 0.29) is 6.61 Å². The Bertz CT molecular complexity index is 371. The molecule has 1 aliphatic rings. The molecule has 0 spiro atoms. The Morgan fingerprint density at radius 1 is 1.11 bits per heavy atom. The van der Waals surface area contributed by atoms with Crippen LogP contribution in [0.4, 0.5) is 0 Å². The van der Waals surface area contributed by atoms with Gasteiger partial charge in [-0.3, -0.25) is 0 Å². The predicted octanol–water partition coefficient (Wildman–Crippen LogP) is 3.48. The number of aliphatic hydroxyl groups excluding tert-OH is 1. The molecule has 2 rings (SSSR count). The Kier molecular flexibility index (Phi) is 5.41. The fourth-order valence-electron chi connectivity index (χ4n) is 3.22. The zero-order valence-corrected chi connectivity index (χ0v) is 12.2. The first-order valence-corrected chi connectivity index (χ1v) is 7.62. The summed E-state index contributed by atoms with van der Waals surface area (Å²) in [6.45, 7) is 5.77. The molecule has 0 radical (unpaired) electrons. The van der Waals surface area contributed by atoms with Crippen molar-refractivity contribution in [3.63, 3.8) is 0 Å². The molecule has 0 amide bonds. The number of benzene rings is 1. The highest BCUT2D eigenvalue weighted by Crippen LogP contribution is 2.30. The summed E-state index contributed by atoms with van der Waals surface area (Å²) in [5.41, 5.74) is 2.30. The van der Waals surface area contributed by atoms with Crippen LogP contribution >= 0.6 is 0 Å². The zero-order valence-electron chi connectivity index (χ0n) is 12.2. The molecular weight excluding hydrogens is 234 g/mol. The molecule has 1 aliphatic carbocycles. The Labute approximate surface area is 117 Å². The van der Waals surface area contributed by atoms with Crippen molar-refractivity contribution in [2.45, 2.75) is 58.7 Å². The average molecular weight is 261 g/mol. The summed E-state index contributed by atoms with van der Waals surface area (Å²) < 4.78 is 0. The van der Waals surface area contributed by atoms with E-state index in [1.807, 2.05) is 12.1 Å². The van der Waals surface area contributed by atoms with E-state index in [4.69, 9.17) is 5.11 Å². The number of rotatable bonds is 5. The summed E-state index contributed by atoms with van der Waals surface area (Å²) in [7, 11) is 0. The summed E-state index contributed by atoms with van der Waals surface area (Å²) in [6, 6.07) is 8.93. The maximum Gasteiger partial charge on any atom is 0.0681 e. The van der Waals surface area contributed by atoms with Gasteiger partial charge in [0.2, 0.25) is 0 Å². The van der Waals surface area contributed by atoms with Crippen LogP contribution < -0.4 is 5.32 Å². The molecule has 2 heteroatoms. The van der Waals surface area contributed by atoms with Crippen LogP contribution in [0.3, 0.4) is 0 Å². The number of aliphatic hydroxyl groups is 1. The summed E-state index contributed by atoms with van der Waals surface area (Å²) in [5.74, 6) is 1.60. The maximum absolute atomic E-state index is 9.04. The van der Waals surface area contributed by atoms with Crippen LogP contribution in [0.2, 0.25) is 0 Å². The molecule has 0 aromatic heterocycles. The van der Waals surface area contributed by atoms with Crippen molar-refractivity contribution >= 4 is 0 Å². The molecule has 0 bridgehead atoms. The van der Waals surface area contributed by atoms with Crippen LogP contribution in [0.1, 0.15) is 50.7 Å². The third-order valence-electron chi connectivity index (χ3n) is 4.45. The second kappa shape index (κ2) is 7.06. The SMILES string of the molecule is CC(C)C1CCCCC1NCc1ccc(CO)cc1. The van der Waals surface area contributed by atoms with Crippen molar-refractivity contribution in [3.8, 4) is 0 Å². The summed E-state index contributed by atoms with van der Waals surface area (Å²) in [4.78, 5) is 0. The van der Waals surface area contributed by atoms with Gasteiger partial charge in [-0.05, 0) is 35.8 Å². The van der Waals surface area contributed by atoms with E-state index < -0.39 is 0 Å². The Hall–Kier alpha value is -0.860. The van der Waals surface area contributed by atoms with Gasteiger partial charge in [0.25, 0.3) is 0 Å². The molecule has 2 nitrogen and oxygen atoms in total. The van der Waals surface area contributed by atoms with Crippen molar-refractivity contribution in [1.82, 2.24) is 5.32 Å². The second-order valence-electron chi connectivity index (χ2n) is 6.15. The second-order valence-corrected chi connectivity index (χ2v) is 6.15. The number of hydrogen-bond acceptors (Lipinski definition) is 2. The van der Waals surface area contributed by atoms with Crippen molar-refractivity contribution in [2.75, 3.05) is 0 Å². The normalized spacial score (nSPS) is 23.8. The topological polar surface area (TPSA) is 32.3 Å². The lowest BCUT2D eigenvalue weighted by Gasteiger charge is -2.35. The largest absolute Gasteiger partial charge is 0.392 e. The van der Waals surface area contributed by atoms with E-state index >= 15 is 0 Å². The van der Waals surface area contributed by atoms with Crippen LogP contribution in [0.5, 0.6) is 0 Å². The Morgan fingerprint density at radius 3 is 2.37 bits per heavy atom. The van der Waals surface area contributed by atoms with Gasteiger partial charge in [-0.1, -0.05) is 51.0 Å². The summed E-state index contributed by atoms with van der Waals surface area (Å²) in [6.07, 6.45) is 5.45. The van der Waals surface area contributed by atoms with Crippen LogP contribution in [-0.2, 0) is 13.2 Å². The Morgan fingerprint density at radius 2 is 1.74 bits per heavy atom. The first-order chi connectivity index (χ1) is 9.20. The maximum atomic E-state index is 9.04. The lowest BCUT2D eigenvalue weighted by Crippen LogP contribution is -2.40. The quantitative estimate of drug-likeness (QED) is 0.850. The van der Waals surface area contributed by atoms with Crippen molar-refractivity contribution in [3.05, 3.63) is 35.4 Å². The monoisotopic (exact) mass is 261 g/mol. The molecule has 2 atom stereocenters. The molecule has 106 valence electrons. The fraction of sp³-hybridized carbons (Fsp3) is 0.647. The third kappa shape index (κ3) is 4.05. The van der Waals surface area contributed by atoms with Gasteiger partial charge in [0.05, 0.1) is 6.61 Å². The molecule has 2 N–H and O–H groups in total. The van der Waals surface area contributed by atoms with E-state index in [1.165, 1.54) is 31.2 Å². The zero-order chi connectivity index (χ0) is 13.7. The molecule has 1 saturated carbocycles. The van der Waals surface area contributed by atoms with Gasteiger partial charge < -0.3 is 10.4 Å². The first-order valence-electron chi connectivity index (χ1n) is 7.62. The minimum absolute atomic E-state index is 0.131. The van der Waals surface area contributed by atoms with Gasteiger partial charge >= 0.3 is 0 Å². The van der Waals surface area contributed by atoms with Crippen molar-refractivity contribution in [2.24, 2.45) is 11.8 Å². The summed E-state index contributed by atoms with van der Waals surface area (Å²) >= 11 is 0. The highest BCUT2D eigenvalue weighted by molar-refractivity contribution is 5.21. The fourth-order valence-corrected chi connectivity index (χ4v) is 3.22. The van der Waals surface area contributed by atoms with E-state index in [0.717, 1.165) is 23.9 Å². The van der Waals surface area contributed by atoms with Gasteiger partial charge in [-0.25, -0.2) is 0 Å². The van der Waals surface area contributed by atoms with E-state index in [2.05, 4.69) is 31.3 Å². The van der Waals surface area contributed by atoms with E-state index in [0.29, 0.717) is 6.04 Å². The van der Waals surface area contributed by atoms with Gasteiger partial charge in [-0.15, -0.1) is 0 Å². The van der Waals surface area contributed by atoms with Crippen molar-refractivity contribution in [1.29, 1.82) is 0 Å². The molecule has 1 aromatic carbocycles. The van der Waals surface area contributed by atoms with Crippen molar-refractivity contribution < 1.29 is 5.11 Å². The van der Waals surface area contributed by atoms with Gasteiger partial charge in [-0.2, -0.15) is 0 Å². The lowest BCUT2D eigenvalue weighted by molar-refractivity contribution is 0.204. The highest BCUT2D eigenvalue weighted by atomic mass is 16.3. The molecule has 0 heterocycles. The average Bonchev–Trinajstić information content (AvgIpc) is 2.46. The first kappa shape index (κ1) is 14.5. The van der Waals surface area contributed by atoms with Crippen LogP contribution in [0.25, 0.3) is 0 Å². The Balaban J connectivity index is 1.88. The van der Waals surface area contributed by atoms with Crippen LogP contribution in [0, 0.1) is 11.8 Å². The highest BCUT2D eigenvalue weighted by Gasteiger charge is 2.26. The van der Waals surface area contributed by atoms with Crippen LogP contribution in [-0.4, -0.2) is 11.1 Å². The molecular formula is C17H27NO. The predicted molar refractivity (Wildman–Crippen MR) is 79.8 cm³/mol. The number of hydrogen-bond donors (Lipinski definition) is 2. The van der Waals surface area contributed by atoms with Gasteiger partial charge in [0.1, 0.15) is 0 Å². The smallest absolute Gasteiger partial charge is 0.0681 e. The minimum atomic E-state index is 0.131.